The van der Waals surface area contributed by atoms with E-state index in [9.17, 15) is 5.11 Å². The lowest BCUT2D eigenvalue weighted by atomic mass is 9.96. The summed E-state index contributed by atoms with van der Waals surface area (Å²) in [6, 6.07) is 18.9. The first kappa shape index (κ1) is 19.6. The molecule has 28 heavy (non-hydrogen) atoms. The Bertz CT molecular complexity index is 951. The van der Waals surface area contributed by atoms with Gasteiger partial charge in [-0.2, -0.15) is 0 Å². The quantitative estimate of drug-likeness (QED) is 0.655. The smallest absolute Gasteiger partial charge is 0.161 e. The van der Waals surface area contributed by atoms with Crippen LogP contribution in [0.25, 0.3) is 11.1 Å². The van der Waals surface area contributed by atoms with Gasteiger partial charge in [-0.15, -0.1) is 0 Å². The summed E-state index contributed by atoms with van der Waals surface area (Å²) in [5, 5.41) is 10.9. The van der Waals surface area contributed by atoms with Gasteiger partial charge in [0.25, 0.3) is 0 Å². The van der Waals surface area contributed by atoms with Crippen LogP contribution >= 0.6 is 0 Å². The average molecular weight is 380 g/mol. The van der Waals surface area contributed by atoms with Crippen LogP contribution in [0.1, 0.15) is 17.2 Å². The van der Waals surface area contributed by atoms with Crippen molar-refractivity contribution in [2.24, 2.45) is 0 Å². The van der Waals surface area contributed by atoms with Crippen LogP contribution in [-0.4, -0.2) is 33.5 Å². The van der Waals surface area contributed by atoms with Crippen molar-refractivity contribution in [2.45, 2.75) is 6.10 Å². The molecule has 0 saturated heterocycles. The highest BCUT2D eigenvalue weighted by Crippen LogP contribution is 2.35. The fourth-order valence-corrected chi connectivity index (χ4v) is 3.12. The molecule has 0 spiro atoms. The van der Waals surface area contributed by atoms with E-state index in [0.29, 0.717) is 23.0 Å². The Hall–Kier alpha value is -3.18. The summed E-state index contributed by atoms with van der Waals surface area (Å²) in [4.78, 5) is 0. The molecular formula is C23H24O5. The van der Waals surface area contributed by atoms with Crippen molar-refractivity contribution in [3.8, 4) is 34.1 Å². The molecule has 0 bridgehead atoms. The van der Waals surface area contributed by atoms with Gasteiger partial charge >= 0.3 is 0 Å². The van der Waals surface area contributed by atoms with Crippen LogP contribution in [0.4, 0.5) is 0 Å². The van der Waals surface area contributed by atoms with Crippen molar-refractivity contribution < 1.29 is 24.1 Å². The summed E-state index contributed by atoms with van der Waals surface area (Å²) < 4.78 is 21.3. The summed E-state index contributed by atoms with van der Waals surface area (Å²) in [5.41, 5.74) is 3.44. The van der Waals surface area contributed by atoms with Gasteiger partial charge in [0.2, 0.25) is 0 Å². The maximum absolute atomic E-state index is 10.9. The summed E-state index contributed by atoms with van der Waals surface area (Å²) in [6.07, 6.45) is -0.792. The fourth-order valence-electron chi connectivity index (χ4n) is 3.12. The predicted octanol–water partition coefficient (Wildman–Crippen LogP) is 4.47. The van der Waals surface area contributed by atoms with Gasteiger partial charge in [0.1, 0.15) is 6.10 Å². The van der Waals surface area contributed by atoms with Crippen molar-refractivity contribution in [3.63, 3.8) is 0 Å². The van der Waals surface area contributed by atoms with Crippen LogP contribution in [0.15, 0.2) is 60.7 Å². The van der Waals surface area contributed by atoms with Gasteiger partial charge in [-0.1, -0.05) is 30.3 Å². The van der Waals surface area contributed by atoms with Gasteiger partial charge in [-0.05, 0) is 52.6 Å². The van der Waals surface area contributed by atoms with E-state index in [1.807, 2.05) is 48.5 Å². The van der Waals surface area contributed by atoms with Crippen LogP contribution in [0.5, 0.6) is 23.0 Å². The number of methoxy groups -OCH3 is 4. The fraction of sp³-hybridized carbons (Fsp3) is 0.217. The first-order valence-corrected chi connectivity index (χ1v) is 8.83. The van der Waals surface area contributed by atoms with E-state index in [4.69, 9.17) is 18.9 Å². The second-order valence-electron chi connectivity index (χ2n) is 6.21. The van der Waals surface area contributed by atoms with E-state index in [0.717, 1.165) is 22.3 Å². The largest absolute Gasteiger partial charge is 0.493 e. The lowest BCUT2D eigenvalue weighted by Gasteiger charge is -2.16. The number of rotatable bonds is 7. The third kappa shape index (κ3) is 3.89. The second kappa shape index (κ2) is 8.67. The van der Waals surface area contributed by atoms with E-state index < -0.39 is 6.10 Å². The third-order valence-corrected chi connectivity index (χ3v) is 4.64. The zero-order valence-corrected chi connectivity index (χ0v) is 16.4. The van der Waals surface area contributed by atoms with Gasteiger partial charge in [0.05, 0.1) is 28.4 Å². The van der Waals surface area contributed by atoms with Crippen molar-refractivity contribution in [3.05, 3.63) is 71.8 Å². The molecule has 1 N–H and O–H groups in total. The van der Waals surface area contributed by atoms with Crippen LogP contribution in [0, 0.1) is 0 Å². The zero-order valence-electron chi connectivity index (χ0n) is 16.4. The molecule has 0 aromatic heterocycles. The normalized spacial score (nSPS) is 11.6. The molecule has 0 fully saturated rings. The van der Waals surface area contributed by atoms with Gasteiger partial charge in [-0.3, -0.25) is 0 Å². The standard InChI is InChI=1S/C23H24O5/c1-25-19-10-8-16(13-21(19)27-3)15-6-5-7-17(12-15)23(24)18-9-11-20(26-2)22(14-18)28-4/h5-14,23-24H,1-4H3/t23-/m0/s1. The van der Waals surface area contributed by atoms with Crippen molar-refractivity contribution in [1.82, 2.24) is 0 Å². The second-order valence-corrected chi connectivity index (χ2v) is 6.21. The molecule has 0 unspecified atom stereocenters. The summed E-state index contributed by atoms with van der Waals surface area (Å²) >= 11 is 0. The van der Waals surface area contributed by atoms with Crippen LogP contribution in [0.2, 0.25) is 0 Å². The minimum absolute atomic E-state index is 0.579. The first-order valence-electron chi connectivity index (χ1n) is 8.83. The van der Waals surface area contributed by atoms with Crippen molar-refractivity contribution in [2.75, 3.05) is 28.4 Å². The Kier molecular flexibility index (Phi) is 6.06. The van der Waals surface area contributed by atoms with Crippen molar-refractivity contribution >= 4 is 0 Å². The Morgan fingerprint density at radius 3 is 1.75 bits per heavy atom. The predicted molar refractivity (Wildman–Crippen MR) is 109 cm³/mol. The number of hydrogen-bond donors (Lipinski definition) is 1. The van der Waals surface area contributed by atoms with Crippen LogP contribution in [-0.2, 0) is 0 Å². The Morgan fingerprint density at radius 2 is 1.11 bits per heavy atom. The molecule has 1 atom stereocenters. The molecule has 0 aliphatic rings. The van der Waals surface area contributed by atoms with Gasteiger partial charge in [-0.25, -0.2) is 0 Å². The van der Waals surface area contributed by atoms with Gasteiger partial charge in [0.15, 0.2) is 23.0 Å². The molecule has 5 nitrogen and oxygen atoms in total. The first-order chi connectivity index (χ1) is 13.6. The molecule has 146 valence electrons. The maximum Gasteiger partial charge on any atom is 0.161 e. The molecule has 0 amide bonds. The number of ether oxygens (including phenoxy) is 4. The van der Waals surface area contributed by atoms with Crippen LogP contribution < -0.4 is 18.9 Å². The molecule has 0 heterocycles. The topological polar surface area (TPSA) is 57.2 Å². The number of aliphatic hydroxyl groups excluding tert-OH is 1. The Morgan fingerprint density at radius 1 is 0.571 bits per heavy atom. The molecule has 5 heteroatoms. The molecule has 0 radical (unpaired) electrons. The van der Waals surface area contributed by atoms with E-state index in [2.05, 4.69) is 0 Å². The molecule has 3 aromatic carbocycles. The molecular weight excluding hydrogens is 356 g/mol. The van der Waals surface area contributed by atoms with Crippen molar-refractivity contribution in [1.29, 1.82) is 0 Å². The monoisotopic (exact) mass is 380 g/mol. The molecule has 3 rings (SSSR count). The summed E-state index contributed by atoms with van der Waals surface area (Å²) in [6.45, 7) is 0. The SMILES string of the molecule is COc1ccc(-c2cccc([C@H](O)c3ccc(OC)c(OC)c3)c2)cc1OC. The average Bonchev–Trinajstić information content (AvgIpc) is 2.77. The Labute approximate surface area is 165 Å². The lowest BCUT2D eigenvalue weighted by molar-refractivity contribution is 0.219. The highest BCUT2D eigenvalue weighted by molar-refractivity contribution is 5.68. The molecule has 0 aliphatic carbocycles. The Balaban J connectivity index is 1.95. The maximum atomic E-state index is 10.9. The van der Waals surface area contributed by atoms with Gasteiger partial charge < -0.3 is 24.1 Å². The number of benzene rings is 3. The van der Waals surface area contributed by atoms with E-state index in [-0.39, 0.29) is 0 Å². The highest BCUT2D eigenvalue weighted by Gasteiger charge is 2.15. The zero-order chi connectivity index (χ0) is 20.1. The molecule has 0 aliphatic heterocycles. The molecule has 0 saturated carbocycles. The minimum Gasteiger partial charge on any atom is -0.493 e. The highest BCUT2D eigenvalue weighted by atomic mass is 16.5. The van der Waals surface area contributed by atoms with Crippen LogP contribution in [0.3, 0.4) is 0 Å². The van der Waals surface area contributed by atoms with E-state index >= 15 is 0 Å². The number of aliphatic hydroxyl groups is 1. The summed E-state index contributed by atoms with van der Waals surface area (Å²) in [7, 11) is 6.38. The number of hydrogen-bond acceptors (Lipinski definition) is 5. The molecule has 3 aromatic rings. The van der Waals surface area contributed by atoms with Gasteiger partial charge in [0, 0.05) is 0 Å². The minimum atomic E-state index is -0.792. The van der Waals surface area contributed by atoms with E-state index in [1.165, 1.54) is 0 Å². The summed E-state index contributed by atoms with van der Waals surface area (Å²) in [5.74, 6) is 2.53. The van der Waals surface area contributed by atoms with E-state index in [1.54, 1.807) is 40.6 Å². The third-order valence-electron chi connectivity index (χ3n) is 4.64. The lowest BCUT2D eigenvalue weighted by Crippen LogP contribution is -2.01.